The average Bonchev–Trinajstić information content (AvgIpc) is 2.94. The van der Waals surface area contributed by atoms with Crippen molar-refractivity contribution in [1.82, 2.24) is 14.6 Å². The van der Waals surface area contributed by atoms with Crippen molar-refractivity contribution < 1.29 is 0 Å². The van der Waals surface area contributed by atoms with E-state index in [1.54, 1.807) is 12.3 Å². The molecule has 2 heterocycles. The molecule has 0 atom stereocenters. The minimum absolute atomic E-state index is 0.560. The summed E-state index contributed by atoms with van der Waals surface area (Å²) in [5, 5.41) is 9.62. The van der Waals surface area contributed by atoms with Gasteiger partial charge in [-0.2, -0.15) is 4.52 Å². The maximum atomic E-state index is 5.98. The van der Waals surface area contributed by atoms with Gasteiger partial charge in [-0.25, -0.2) is 4.98 Å². The van der Waals surface area contributed by atoms with Gasteiger partial charge in [-0.1, -0.05) is 40.6 Å². The smallest absolute Gasteiger partial charge is 0.214 e. The Bertz CT molecular complexity index is 739. The average molecular weight is 425 g/mol. The van der Waals surface area contributed by atoms with E-state index in [4.69, 9.17) is 23.2 Å². The summed E-state index contributed by atoms with van der Waals surface area (Å²) < 4.78 is 2.80. The first-order valence-electron chi connectivity index (χ1n) is 5.31. The van der Waals surface area contributed by atoms with Gasteiger partial charge in [0.05, 0.1) is 16.2 Å². The molecule has 0 radical (unpaired) electrons. The Morgan fingerprint density at radius 3 is 2.89 bits per heavy atom. The van der Waals surface area contributed by atoms with Crippen LogP contribution in [0.2, 0.25) is 10.0 Å². The van der Waals surface area contributed by atoms with E-state index < -0.39 is 0 Å². The first kappa shape index (κ1) is 13.4. The molecule has 1 N–H and O–H groups in total. The molecular weight excluding hydrogens is 418 g/mol. The number of hydrogen-bond acceptors (Lipinski definition) is 4. The van der Waals surface area contributed by atoms with Crippen LogP contribution < -0.4 is 5.32 Å². The fourth-order valence-electron chi connectivity index (χ4n) is 1.57. The molecule has 4 nitrogen and oxygen atoms in total. The molecule has 3 aromatic rings. The summed E-state index contributed by atoms with van der Waals surface area (Å²) in [7, 11) is 0. The number of halogens is 3. The van der Waals surface area contributed by atoms with E-state index >= 15 is 0 Å². The second-order valence-corrected chi connectivity index (χ2v) is 6.66. The second-order valence-electron chi connectivity index (χ2n) is 3.78. The van der Waals surface area contributed by atoms with Crippen LogP contribution in [0.1, 0.15) is 5.56 Å². The largest absolute Gasteiger partial charge is 0.356 e. The zero-order valence-electron chi connectivity index (χ0n) is 9.40. The van der Waals surface area contributed by atoms with Crippen LogP contribution in [0.4, 0.5) is 5.13 Å². The van der Waals surface area contributed by atoms with Crippen molar-refractivity contribution in [2.75, 3.05) is 5.32 Å². The molecule has 8 heteroatoms. The zero-order valence-corrected chi connectivity index (χ0v) is 13.9. The van der Waals surface area contributed by atoms with Crippen LogP contribution in [0.25, 0.3) is 4.96 Å². The van der Waals surface area contributed by atoms with Gasteiger partial charge in [0.2, 0.25) is 10.1 Å². The Balaban J connectivity index is 1.76. The molecule has 19 heavy (non-hydrogen) atoms. The highest BCUT2D eigenvalue weighted by atomic mass is 127. The van der Waals surface area contributed by atoms with Crippen molar-refractivity contribution >= 4 is 67.2 Å². The van der Waals surface area contributed by atoms with Gasteiger partial charge < -0.3 is 5.32 Å². The third-order valence-corrected chi connectivity index (χ3v) is 4.83. The number of benzene rings is 1. The molecule has 0 fully saturated rings. The number of rotatable bonds is 3. The summed E-state index contributed by atoms with van der Waals surface area (Å²) in [5.74, 6) is 0. The van der Waals surface area contributed by atoms with Gasteiger partial charge in [0.1, 0.15) is 3.70 Å². The molecule has 0 saturated carbocycles. The summed E-state index contributed by atoms with van der Waals surface area (Å²) >= 11 is 15.6. The molecule has 0 aliphatic rings. The lowest BCUT2D eigenvalue weighted by Gasteiger charge is -2.03. The van der Waals surface area contributed by atoms with E-state index in [0.29, 0.717) is 16.6 Å². The molecule has 0 saturated heterocycles. The summed E-state index contributed by atoms with van der Waals surface area (Å²) in [5.41, 5.74) is 1.05. The highest BCUT2D eigenvalue weighted by molar-refractivity contribution is 14.1. The SMILES string of the molecule is Clc1ccc(CNc2nn3c(I)cnc3s2)cc1Cl. The highest BCUT2D eigenvalue weighted by Gasteiger charge is 2.07. The quantitative estimate of drug-likeness (QED) is 0.637. The summed E-state index contributed by atoms with van der Waals surface area (Å²) in [6.45, 7) is 0.643. The maximum absolute atomic E-state index is 5.98. The first-order valence-corrected chi connectivity index (χ1v) is 7.96. The molecule has 0 aliphatic heterocycles. The van der Waals surface area contributed by atoms with E-state index in [0.717, 1.165) is 19.4 Å². The summed E-state index contributed by atoms with van der Waals surface area (Å²) in [6.07, 6.45) is 1.79. The molecule has 98 valence electrons. The number of anilines is 1. The van der Waals surface area contributed by atoms with Crippen molar-refractivity contribution in [2.24, 2.45) is 0 Å². The second kappa shape index (κ2) is 5.43. The lowest BCUT2D eigenvalue weighted by atomic mass is 10.2. The topological polar surface area (TPSA) is 42.2 Å². The molecule has 0 unspecified atom stereocenters. The van der Waals surface area contributed by atoms with E-state index in [1.165, 1.54) is 11.3 Å². The van der Waals surface area contributed by atoms with E-state index in [9.17, 15) is 0 Å². The monoisotopic (exact) mass is 424 g/mol. The van der Waals surface area contributed by atoms with Crippen molar-refractivity contribution in [2.45, 2.75) is 6.54 Å². The molecule has 3 rings (SSSR count). The molecule has 0 bridgehead atoms. The van der Waals surface area contributed by atoms with Crippen LogP contribution in [0, 0.1) is 3.70 Å². The lowest BCUT2D eigenvalue weighted by Crippen LogP contribution is -2.00. The standard InChI is InChI=1S/C11H7Cl2IN4S/c12-7-2-1-6(3-8(7)13)4-15-10-17-18-9(14)5-16-11(18)19-10/h1-3,5H,4H2,(H,15,17). The predicted molar refractivity (Wildman–Crippen MR) is 87.4 cm³/mol. The number of fused-ring (bicyclic) bond motifs is 1. The Kier molecular flexibility index (Phi) is 3.84. The zero-order chi connectivity index (χ0) is 13.4. The molecule has 0 aliphatic carbocycles. The number of imidazole rings is 1. The summed E-state index contributed by atoms with van der Waals surface area (Å²) in [4.78, 5) is 5.13. The van der Waals surface area contributed by atoms with Crippen molar-refractivity contribution in [3.63, 3.8) is 0 Å². The van der Waals surface area contributed by atoms with Crippen LogP contribution >= 0.6 is 57.1 Å². The predicted octanol–water partition coefficient (Wildman–Crippen LogP) is 4.31. The van der Waals surface area contributed by atoms with Gasteiger partial charge in [-0.3, -0.25) is 0 Å². The molecule has 1 aromatic carbocycles. The van der Waals surface area contributed by atoms with E-state index in [-0.39, 0.29) is 0 Å². The third kappa shape index (κ3) is 2.81. The van der Waals surface area contributed by atoms with Gasteiger partial charge in [-0.15, -0.1) is 5.10 Å². The van der Waals surface area contributed by atoms with Crippen LogP contribution in [-0.2, 0) is 6.54 Å². The third-order valence-electron chi connectivity index (χ3n) is 2.47. The fourth-order valence-corrected chi connectivity index (χ4v) is 3.30. The van der Waals surface area contributed by atoms with Gasteiger partial charge >= 0.3 is 0 Å². The first-order chi connectivity index (χ1) is 9.13. The van der Waals surface area contributed by atoms with E-state index in [1.807, 2.05) is 16.6 Å². The van der Waals surface area contributed by atoms with Gasteiger partial charge in [0.25, 0.3) is 0 Å². The number of nitrogens with one attached hydrogen (secondary N) is 1. The number of nitrogens with zero attached hydrogens (tertiary/aromatic N) is 3. The number of hydrogen-bond donors (Lipinski definition) is 1. The van der Waals surface area contributed by atoms with Crippen LogP contribution in [-0.4, -0.2) is 14.6 Å². The molecule has 2 aromatic heterocycles. The molecule has 0 spiro atoms. The Morgan fingerprint density at radius 1 is 1.32 bits per heavy atom. The van der Waals surface area contributed by atoms with Crippen LogP contribution in [0.5, 0.6) is 0 Å². The minimum atomic E-state index is 0.560. The van der Waals surface area contributed by atoms with Crippen LogP contribution in [0.3, 0.4) is 0 Å². The summed E-state index contributed by atoms with van der Waals surface area (Å²) in [6, 6.07) is 5.57. The Morgan fingerprint density at radius 2 is 2.16 bits per heavy atom. The van der Waals surface area contributed by atoms with Crippen molar-refractivity contribution in [3.8, 4) is 0 Å². The Labute approximate surface area is 136 Å². The van der Waals surface area contributed by atoms with Crippen LogP contribution in [0.15, 0.2) is 24.4 Å². The van der Waals surface area contributed by atoms with Gasteiger partial charge in [0.15, 0.2) is 0 Å². The van der Waals surface area contributed by atoms with Crippen molar-refractivity contribution in [1.29, 1.82) is 0 Å². The van der Waals surface area contributed by atoms with Gasteiger partial charge in [-0.05, 0) is 40.3 Å². The lowest BCUT2D eigenvalue weighted by molar-refractivity contribution is 0.939. The fraction of sp³-hybridized carbons (Fsp3) is 0.0909. The van der Waals surface area contributed by atoms with E-state index in [2.05, 4.69) is 38.0 Å². The highest BCUT2D eigenvalue weighted by Crippen LogP contribution is 2.24. The minimum Gasteiger partial charge on any atom is -0.356 e. The maximum Gasteiger partial charge on any atom is 0.214 e. The molecular formula is C11H7Cl2IN4S. The normalized spacial score (nSPS) is 11.1. The number of aromatic nitrogens is 3. The van der Waals surface area contributed by atoms with Gasteiger partial charge in [0, 0.05) is 6.54 Å². The van der Waals surface area contributed by atoms with Crippen molar-refractivity contribution in [3.05, 3.63) is 43.7 Å². The Hall–Kier alpha value is -0.570. The molecule has 0 amide bonds.